The van der Waals surface area contributed by atoms with Crippen molar-refractivity contribution in [3.05, 3.63) is 65.7 Å². The van der Waals surface area contributed by atoms with Crippen LogP contribution in [-0.4, -0.2) is 18.6 Å². The number of benzene rings is 2. The van der Waals surface area contributed by atoms with Gasteiger partial charge in [-0.15, -0.1) is 0 Å². The van der Waals surface area contributed by atoms with Crippen LogP contribution in [0.3, 0.4) is 0 Å². The smallest absolute Gasteiger partial charge is 0.220 e. The highest BCUT2D eigenvalue weighted by Crippen LogP contribution is 2.24. The molecule has 2 aromatic carbocycles. The summed E-state index contributed by atoms with van der Waals surface area (Å²) in [4.78, 5) is 12.0. The topological polar surface area (TPSA) is 38.3 Å². The van der Waals surface area contributed by atoms with Crippen LogP contribution in [0, 0.1) is 0 Å². The highest BCUT2D eigenvalue weighted by Gasteiger charge is 2.16. The molecule has 2 aromatic rings. The Morgan fingerprint density at radius 3 is 2.52 bits per heavy atom. The molecule has 0 saturated heterocycles. The predicted octanol–water partition coefficient (Wildman–Crippen LogP) is 4.30. The van der Waals surface area contributed by atoms with Crippen LogP contribution in [-0.2, 0) is 17.6 Å². The molecule has 0 bridgehead atoms. The van der Waals surface area contributed by atoms with Crippen molar-refractivity contribution in [3.63, 3.8) is 0 Å². The molecule has 3 rings (SSSR count). The van der Waals surface area contributed by atoms with Crippen molar-refractivity contribution in [1.29, 1.82) is 0 Å². The Morgan fingerprint density at radius 1 is 0.960 bits per heavy atom. The minimum Gasteiger partial charge on any atom is -0.490 e. The maximum atomic E-state index is 12.0. The van der Waals surface area contributed by atoms with Crippen LogP contribution in [0.25, 0.3) is 0 Å². The van der Waals surface area contributed by atoms with Crippen LogP contribution in [0.5, 0.6) is 5.75 Å². The van der Waals surface area contributed by atoms with Gasteiger partial charge < -0.3 is 10.1 Å². The van der Waals surface area contributed by atoms with Gasteiger partial charge in [0.1, 0.15) is 5.75 Å². The van der Waals surface area contributed by atoms with E-state index in [1.807, 2.05) is 30.3 Å². The Labute approximate surface area is 150 Å². The molecule has 0 radical (unpaired) electrons. The highest BCUT2D eigenvalue weighted by atomic mass is 16.5. The summed E-state index contributed by atoms with van der Waals surface area (Å²) in [5, 5.41) is 3.00. The molecule has 3 heteroatoms. The van der Waals surface area contributed by atoms with Crippen LogP contribution in [0.2, 0.25) is 0 Å². The van der Waals surface area contributed by atoms with Gasteiger partial charge >= 0.3 is 0 Å². The van der Waals surface area contributed by atoms with Gasteiger partial charge in [-0.05, 0) is 61.8 Å². The quantitative estimate of drug-likeness (QED) is 0.780. The third-order valence-corrected chi connectivity index (χ3v) is 4.72. The van der Waals surface area contributed by atoms with Gasteiger partial charge in [-0.25, -0.2) is 0 Å². The van der Waals surface area contributed by atoms with E-state index in [0.29, 0.717) is 19.1 Å². The second kappa shape index (κ2) is 9.26. The van der Waals surface area contributed by atoms with Gasteiger partial charge in [0.2, 0.25) is 5.91 Å². The average Bonchev–Trinajstić information content (AvgIpc) is 3.14. The molecule has 3 nitrogen and oxygen atoms in total. The van der Waals surface area contributed by atoms with Gasteiger partial charge in [-0.3, -0.25) is 4.79 Å². The minimum absolute atomic E-state index is 0.109. The number of hydrogen-bond acceptors (Lipinski definition) is 2. The van der Waals surface area contributed by atoms with Gasteiger partial charge in [0.25, 0.3) is 0 Å². The van der Waals surface area contributed by atoms with E-state index in [-0.39, 0.29) is 5.91 Å². The third-order valence-electron chi connectivity index (χ3n) is 4.72. The molecular weight excluding hydrogens is 310 g/mol. The molecule has 0 heterocycles. The van der Waals surface area contributed by atoms with Crippen LogP contribution in [0.4, 0.5) is 0 Å². The Kier molecular flexibility index (Phi) is 6.49. The summed E-state index contributed by atoms with van der Waals surface area (Å²) >= 11 is 0. The average molecular weight is 337 g/mol. The van der Waals surface area contributed by atoms with Crippen molar-refractivity contribution in [1.82, 2.24) is 5.32 Å². The van der Waals surface area contributed by atoms with E-state index in [1.54, 1.807) is 0 Å². The van der Waals surface area contributed by atoms with Crippen molar-refractivity contribution in [2.24, 2.45) is 0 Å². The fourth-order valence-electron chi connectivity index (χ4n) is 3.31. The van der Waals surface area contributed by atoms with Crippen molar-refractivity contribution >= 4 is 5.91 Å². The van der Waals surface area contributed by atoms with Crippen LogP contribution >= 0.6 is 0 Å². The zero-order valence-electron chi connectivity index (χ0n) is 14.7. The summed E-state index contributed by atoms with van der Waals surface area (Å²) in [6.45, 7) is 0.688. The number of hydrogen-bond donors (Lipinski definition) is 1. The molecule has 1 aliphatic carbocycles. The predicted molar refractivity (Wildman–Crippen MR) is 101 cm³/mol. The Bertz CT molecular complexity index is 663. The SMILES string of the molecule is O=C(CCc1cccc(OC2CCCC2)c1)NCCc1ccccc1. The molecule has 1 fully saturated rings. The number of amides is 1. The lowest BCUT2D eigenvalue weighted by Gasteiger charge is -2.13. The van der Waals surface area contributed by atoms with Gasteiger partial charge in [0, 0.05) is 13.0 Å². The summed E-state index contributed by atoms with van der Waals surface area (Å²) in [7, 11) is 0. The van der Waals surface area contributed by atoms with Gasteiger partial charge in [-0.2, -0.15) is 0 Å². The summed E-state index contributed by atoms with van der Waals surface area (Å²) in [6.07, 6.45) is 7.37. The first-order valence-electron chi connectivity index (χ1n) is 9.36. The van der Waals surface area contributed by atoms with Crippen LogP contribution < -0.4 is 10.1 Å². The van der Waals surface area contributed by atoms with Gasteiger partial charge in [0.15, 0.2) is 0 Å². The zero-order valence-corrected chi connectivity index (χ0v) is 14.7. The summed E-state index contributed by atoms with van der Waals surface area (Å²) in [6, 6.07) is 18.4. The molecule has 0 atom stereocenters. The van der Waals surface area contributed by atoms with Gasteiger partial charge in [-0.1, -0.05) is 42.5 Å². The van der Waals surface area contributed by atoms with Crippen LogP contribution in [0.1, 0.15) is 43.2 Å². The largest absolute Gasteiger partial charge is 0.490 e. The Hall–Kier alpha value is -2.29. The van der Waals surface area contributed by atoms with Gasteiger partial charge in [0.05, 0.1) is 6.10 Å². The number of carbonyl (C=O) groups excluding carboxylic acids is 1. The van der Waals surface area contributed by atoms with E-state index in [1.165, 1.54) is 18.4 Å². The van der Waals surface area contributed by atoms with Crippen molar-refractivity contribution in [2.75, 3.05) is 6.54 Å². The molecule has 132 valence electrons. The lowest BCUT2D eigenvalue weighted by atomic mass is 10.1. The van der Waals surface area contributed by atoms with E-state index < -0.39 is 0 Å². The summed E-state index contributed by atoms with van der Waals surface area (Å²) in [5.74, 6) is 1.05. The number of nitrogens with one attached hydrogen (secondary N) is 1. The minimum atomic E-state index is 0.109. The Balaban J connectivity index is 1.39. The zero-order chi connectivity index (χ0) is 17.3. The number of rotatable bonds is 8. The highest BCUT2D eigenvalue weighted by molar-refractivity contribution is 5.76. The molecule has 25 heavy (non-hydrogen) atoms. The lowest BCUT2D eigenvalue weighted by molar-refractivity contribution is -0.121. The van der Waals surface area contributed by atoms with Crippen molar-refractivity contribution in [3.8, 4) is 5.75 Å². The van der Waals surface area contributed by atoms with E-state index >= 15 is 0 Å². The molecule has 0 aromatic heterocycles. The van der Waals surface area contributed by atoms with Crippen LogP contribution in [0.15, 0.2) is 54.6 Å². The molecule has 0 spiro atoms. The fraction of sp³-hybridized carbons (Fsp3) is 0.409. The number of ether oxygens (including phenoxy) is 1. The van der Waals surface area contributed by atoms with Crippen molar-refractivity contribution in [2.45, 2.75) is 51.0 Å². The summed E-state index contributed by atoms with van der Waals surface area (Å²) in [5.41, 5.74) is 2.41. The first-order chi connectivity index (χ1) is 12.3. The standard InChI is InChI=1S/C22H27NO2/c24-22(23-16-15-18-7-2-1-3-8-18)14-13-19-9-6-12-21(17-19)25-20-10-4-5-11-20/h1-3,6-9,12,17,20H,4-5,10-11,13-16H2,(H,23,24). The van der Waals surface area contributed by atoms with Crippen molar-refractivity contribution < 1.29 is 9.53 Å². The molecule has 1 amide bonds. The van der Waals surface area contributed by atoms with E-state index in [4.69, 9.17) is 4.74 Å². The fourth-order valence-corrected chi connectivity index (χ4v) is 3.31. The maximum absolute atomic E-state index is 12.0. The lowest BCUT2D eigenvalue weighted by Crippen LogP contribution is -2.25. The molecule has 1 saturated carbocycles. The van der Waals surface area contributed by atoms with E-state index in [2.05, 4.69) is 29.6 Å². The molecule has 1 N–H and O–H groups in total. The number of carbonyl (C=O) groups is 1. The second-order valence-corrected chi connectivity index (χ2v) is 6.76. The monoisotopic (exact) mass is 337 g/mol. The normalized spacial score (nSPS) is 14.4. The third kappa shape index (κ3) is 5.93. The molecule has 1 aliphatic rings. The first-order valence-corrected chi connectivity index (χ1v) is 9.36. The van der Waals surface area contributed by atoms with E-state index in [9.17, 15) is 4.79 Å². The molecular formula is C22H27NO2. The van der Waals surface area contributed by atoms with E-state index in [0.717, 1.165) is 37.0 Å². The Morgan fingerprint density at radius 2 is 1.72 bits per heavy atom. The first kappa shape index (κ1) is 17.5. The number of aryl methyl sites for hydroxylation is 1. The second-order valence-electron chi connectivity index (χ2n) is 6.76. The maximum Gasteiger partial charge on any atom is 0.220 e. The molecule has 0 unspecified atom stereocenters. The molecule has 0 aliphatic heterocycles. The summed E-state index contributed by atoms with van der Waals surface area (Å²) < 4.78 is 6.04.